The van der Waals surface area contributed by atoms with Crippen molar-refractivity contribution in [3.05, 3.63) is 58.6 Å². The summed E-state index contributed by atoms with van der Waals surface area (Å²) >= 11 is 1.11. The number of carbonyl (C=O) groups excluding carboxylic acids is 1. The maximum Gasteiger partial charge on any atom is 0.183 e. The van der Waals surface area contributed by atoms with Gasteiger partial charge in [0.1, 0.15) is 0 Å². The number of aromatic nitrogens is 1. The van der Waals surface area contributed by atoms with Gasteiger partial charge in [-0.1, -0.05) is 53.8 Å². The third-order valence-corrected chi connectivity index (χ3v) is 4.39. The summed E-state index contributed by atoms with van der Waals surface area (Å²) < 4.78 is 0. The Kier molecular flexibility index (Phi) is 3.58. The van der Waals surface area contributed by atoms with Gasteiger partial charge in [-0.2, -0.15) is 0 Å². The van der Waals surface area contributed by atoms with E-state index in [2.05, 4.69) is 34.6 Å². The molecular formula is C16H13N2O2S-. The maximum absolute atomic E-state index is 10.9. The monoisotopic (exact) mass is 297 g/mol. The van der Waals surface area contributed by atoms with Crippen molar-refractivity contribution in [1.82, 2.24) is 4.98 Å². The van der Waals surface area contributed by atoms with Crippen molar-refractivity contribution in [3.63, 3.8) is 0 Å². The van der Waals surface area contributed by atoms with Gasteiger partial charge in [0.15, 0.2) is 5.13 Å². The van der Waals surface area contributed by atoms with Gasteiger partial charge in [0.25, 0.3) is 0 Å². The largest absolute Gasteiger partial charge is 0.544 e. The highest BCUT2D eigenvalue weighted by molar-refractivity contribution is 7.17. The minimum absolute atomic E-state index is 0.176. The Hall–Kier alpha value is -2.40. The lowest BCUT2D eigenvalue weighted by Crippen LogP contribution is -2.21. The Morgan fingerprint density at radius 3 is 2.76 bits per heavy atom. The molecule has 0 unspecified atom stereocenters. The van der Waals surface area contributed by atoms with Crippen LogP contribution in [0, 0.1) is 6.92 Å². The Morgan fingerprint density at radius 1 is 1.24 bits per heavy atom. The van der Waals surface area contributed by atoms with E-state index in [1.165, 1.54) is 10.8 Å². The van der Waals surface area contributed by atoms with Gasteiger partial charge in [0, 0.05) is 6.54 Å². The third-order valence-electron chi connectivity index (χ3n) is 3.29. The second kappa shape index (κ2) is 5.54. The van der Waals surface area contributed by atoms with Crippen LogP contribution >= 0.6 is 11.3 Å². The molecule has 0 amide bonds. The molecule has 1 heterocycles. The Morgan fingerprint density at radius 2 is 2.00 bits per heavy atom. The zero-order valence-electron chi connectivity index (χ0n) is 11.4. The molecule has 0 saturated heterocycles. The molecule has 0 aliphatic heterocycles. The van der Waals surface area contributed by atoms with E-state index in [1.807, 2.05) is 18.2 Å². The van der Waals surface area contributed by atoms with E-state index in [0.29, 0.717) is 17.4 Å². The van der Waals surface area contributed by atoms with Crippen LogP contribution in [0.1, 0.15) is 20.9 Å². The Labute approximate surface area is 126 Å². The summed E-state index contributed by atoms with van der Waals surface area (Å²) in [4.78, 5) is 15.3. The second-order valence-electron chi connectivity index (χ2n) is 4.71. The number of fused-ring (bicyclic) bond motifs is 1. The maximum atomic E-state index is 10.9. The third kappa shape index (κ3) is 2.73. The first kappa shape index (κ1) is 13.6. The van der Waals surface area contributed by atoms with Gasteiger partial charge in [0.2, 0.25) is 0 Å². The number of nitrogens with one attached hydrogen (secondary N) is 1. The Bertz CT molecular complexity index is 806. The first-order valence-electron chi connectivity index (χ1n) is 6.54. The van der Waals surface area contributed by atoms with Gasteiger partial charge in [-0.05, 0) is 23.3 Å². The standard InChI is InChI=1S/C16H14N2O2S/c1-10-14(15(19)20)21-16(18-10)17-9-12-7-4-6-11-5-2-3-8-13(11)12/h2-8H,9H2,1H3,(H,17,18)(H,19,20)/p-1. The van der Waals surface area contributed by atoms with Crippen LogP contribution in [0.4, 0.5) is 5.13 Å². The van der Waals surface area contributed by atoms with Crippen molar-refractivity contribution in [1.29, 1.82) is 0 Å². The molecule has 1 N–H and O–H groups in total. The molecule has 0 spiro atoms. The molecule has 1 aromatic heterocycles. The van der Waals surface area contributed by atoms with Crippen molar-refractivity contribution in [2.24, 2.45) is 0 Å². The Balaban J connectivity index is 1.84. The number of hydrogen-bond donors (Lipinski definition) is 1. The molecule has 0 fully saturated rings. The van der Waals surface area contributed by atoms with Gasteiger partial charge < -0.3 is 15.2 Å². The molecule has 0 atom stereocenters. The van der Waals surface area contributed by atoms with Crippen LogP contribution in [-0.4, -0.2) is 11.0 Å². The van der Waals surface area contributed by atoms with Crippen LogP contribution in [0.5, 0.6) is 0 Å². The van der Waals surface area contributed by atoms with Gasteiger partial charge in [-0.3, -0.25) is 0 Å². The molecule has 2 aromatic carbocycles. The van der Waals surface area contributed by atoms with Crippen LogP contribution in [0.2, 0.25) is 0 Å². The summed E-state index contributed by atoms with van der Waals surface area (Å²) in [7, 11) is 0. The van der Waals surface area contributed by atoms with E-state index < -0.39 is 5.97 Å². The number of hydrogen-bond acceptors (Lipinski definition) is 5. The summed E-state index contributed by atoms with van der Waals surface area (Å²) in [5.41, 5.74) is 1.64. The highest BCUT2D eigenvalue weighted by atomic mass is 32.1. The number of anilines is 1. The van der Waals surface area contributed by atoms with E-state index >= 15 is 0 Å². The predicted molar refractivity (Wildman–Crippen MR) is 82.5 cm³/mol. The molecule has 5 heteroatoms. The van der Waals surface area contributed by atoms with E-state index in [0.717, 1.165) is 16.9 Å². The number of rotatable bonds is 4. The molecule has 4 nitrogen and oxygen atoms in total. The van der Waals surface area contributed by atoms with Gasteiger partial charge >= 0.3 is 0 Å². The number of carboxylic acid groups (broad SMARTS) is 1. The fourth-order valence-corrected chi connectivity index (χ4v) is 3.08. The number of carbonyl (C=O) groups is 1. The molecule has 106 valence electrons. The average Bonchev–Trinajstić information content (AvgIpc) is 2.86. The van der Waals surface area contributed by atoms with Crippen molar-refractivity contribution in [2.75, 3.05) is 5.32 Å². The number of benzene rings is 2. The topological polar surface area (TPSA) is 65.0 Å². The van der Waals surface area contributed by atoms with E-state index in [4.69, 9.17) is 0 Å². The van der Waals surface area contributed by atoms with Crippen molar-refractivity contribution in [2.45, 2.75) is 13.5 Å². The number of carboxylic acids is 1. The fraction of sp³-hybridized carbons (Fsp3) is 0.125. The van der Waals surface area contributed by atoms with Crippen molar-refractivity contribution < 1.29 is 9.90 Å². The summed E-state index contributed by atoms with van der Waals surface area (Å²) in [5.74, 6) is -1.18. The number of nitrogens with zero attached hydrogens (tertiary/aromatic N) is 1. The highest BCUT2D eigenvalue weighted by Crippen LogP contribution is 2.24. The summed E-state index contributed by atoms with van der Waals surface area (Å²) in [6, 6.07) is 14.3. The molecule has 3 rings (SSSR count). The molecule has 0 aliphatic carbocycles. The van der Waals surface area contributed by atoms with Crippen LogP contribution < -0.4 is 10.4 Å². The van der Waals surface area contributed by atoms with E-state index in [1.54, 1.807) is 6.92 Å². The quantitative estimate of drug-likeness (QED) is 0.804. The molecule has 0 bridgehead atoms. The first-order chi connectivity index (χ1) is 10.1. The van der Waals surface area contributed by atoms with Crippen molar-refractivity contribution >= 4 is 33.2 Å². The summed E-state index contributed by atoms with van der Waals surface area (Å²) in [5, 5.41) is 17.1. The fourth-order valence-electron chi connectivity index (χ4n) is 2.28. The molecule has 0 saturated carbocycles. The van der Waals surface area contributed by atoms with Gasteiger partial charge in [-0.25, -0.2) is 4.98 Å². The smallest absolute Gasteiger partial charge is 0.183 e. The lowest BCUT2D eigenvalue weighted by atomic mass is 10.0. The highest BCUT2D eigenvalue weighted by Gasteiger charge is 2.08. The minimum Gasteiger partial charge on any atom is -0.544 e. The van der Waals surface area contributed by atoms with E-state index in [9.17, 15) is 9.90 Å². The molecule has 0 aliphatic rings. The van der Waals surface area contributed by atoms with Gasteiger partial charge in [-0.15, -0.1) is 0 Å². The molecule has 21 heavy (non-hydrogen) atoms. The second-order valence-corrected chi connectivity index (χ2v) is 5.71. The number of thiazole rings is 1. The van der Waals surface area contributed by atoms with Gasteiger partial charge in [0.05, 0.1) is 16.5 Å². The summed E-state index contributed by atoms with van der Waals surface area (Å²) in [6.07, 6.45) is 0. The van der Waals surface area contributed by atoms with Crippen LogP contribution in [-0.2, 0) is 6.54 Å². The normalized spacial score (nSPS) is 10.7. The predicted octanol–water partition coefficient (Wildman–Crippen LogP) is 2.58. The van der Waals surface area contributed by atoms with E-state index in [-0.39, 0.29) is 4.88 Å². The minimum atomic E-state index is -1.18. The molecule has 0 radical (unpaired) electrons. The van der Waals surface area contributed by atoms with Crippen LogP contribution in [0.3, 0.4) is 0 Å². The zero-order chi connectivity index (χ0) is 14.8. The average molecular weight is 297 g/mol. The van der Waals surface area contributed by atoms with Crippen LogP contribution in [0.15, 0.2) is 42.5 Å². The van der Waals surface area contributed by atoms with Crippen molar-refractivity contribution in [3.8, 4) is 0 Å². The lowest BCUT2D eigenvalue weighted by molar-refractivity contribution is -0.254. The molecule has 3 aromatic rings. The molecular weight excluding hydrogens is 284 g/mol. The number of aryl methyl sites for hydroxylation is 1. The SMILES string of the molecule is Cc1nc(NCc2cccc3ccccc23)sc1C(=O)[O-]. The lowest BCUT2D eigenvalue weighted by Gasteiger charge is -2.07. The summed E-state index contributed by atoms with van der Waals surface area (Å²) in [6.45, 7) is 2.27. The first-order valence-corrected chi connectivity index (χ1v) is 7.36. The zero-order valence-corrected chi connectivity index (χ0v) is 12.2. The van der Waals surface area contributed by atoms with Crippen LogP contribution in [0.25, 0.3) is 10.8 Å². The number of aromatic carboxylic acids is 1.